The lowest BCUT2D eigenvalue weighted by Gasteiger charge is -2.26. The molecule has 2 aromatic rings. The summed E-state index contributed by atoms with van der Waals surface area (Å²) in [6, 6.07) is 6.03. The molecule has 2 heterocycles. The van der Waals surface area contributed by atoms with Gasteiger partial charge in [-0.25, -0.2) is 4.98 Å². The fraction of sp³-hybridized carbons (Fsp3) is 0.421. The fourth-order valence-electron chi connectivity index (χ4n) is 2.93. The highest BCUT2D eigenvalue weighted by molar-refractivity contribution is 6.29. The third kappa shape index (κ3) is 5.76. The normalized spacial score (nSPS) is 15.4. The van der Waals surface area contributed by atoms with Crippen LogP contribution in [0.4, 0.5) is 28.8 Å². The molecule has 2 N–H and O–H groups in total. The van der Waals surface area contributed by atoms with Gasteiger partial charge in [0.2, 0.25) is 5.82 Å². The van der Waals surface area contributed by atoms with Gasteiger partial charge in [0.05, 0.1) is 9.85 Å². The number of hydrogen-bond acceptors (Lipinski definition) is 8. The van der Waals surface area contributed by atoms with Crippen molar-refractivity contribution in [2.24, 2.45) is 0 Å². The minimum atomic E-state index is -0.484. The molecule has 2 fully saturated rings. The van der Waals surface area contributed by atoms with E-state index in [2.05, 4.69) is 25.4 Å². The first-order chi connectivity index (χ1) is 14.9. The van der Waals surface area contributed by atoms with E-state index in [1.165, 1.54) is 24.3 Å². The van der Waals surface area contributed by atoms with E-state index in [9.17, 15) is 20.2 Å². The summed E-state index contributed by atoms with van der Waals surface area (Å²) in [4.78, 5) is 31.5. The Morgan fingerprint density at radius 3 is 1.81 bits per heavy atom. The topological polar surface area (TPSA) is 140 Å². The van der Waals surface area contributed by atoms with E-state index in [0.717, 1.165) is 38.5 Å². The van der Waals surface area contributed by atoms with Gasteiger partial charge in [-0.1, -0.05) is 23.2 Å². The Morgan fingerprint density at radius 2 is 1.39 bits per heavy atom. The van der Waals surface area contributed by atoms with Crippen LogP contribution in [0.1, 0.15) is 38.5 Å². The highest BCUT2D eigenvalue weighted by atomic mass is 35.5. The monoisotopic (exact) mass is 445 g/mol. The van der Waals surface area contributed by atoms with Crippen LogP contribution >= 0.6 is 11.6 Å². The summed E-state index contributed by atoms with van der Waals surface area (Å²) in [5.41, 5.74) is -0.0920. The van der Waals surface area contributed by atoms with E-state index < -0.39 is 9.85 Å². The van der Waals surface area contributed by atoms with Crippen LogP contribution in [0.2, 0.25) is 5.15 Å². The largest absolute Gasteiger partial charge is 0.362 e. The van der Waals surface area contributed by atoms with Crippen molar-refractivity contribution in [1.29, 1.82) is 0 Å². The summed E-state index contributed by atoms with van der Waals surface area (Å²) >= 11 is 5.69. The smallest absolute Gasteiger partial charge is 0.334 e. The van der Waals surface area contributed by atoms with Gasteiger partial charge >= 0.3 is 11.4 Å². The van der Waals surface area contributed by atoms with E-state index in [0.29, 0.717) is 6.04 Å². The van der Waals surface area contributed by atoms with Crippen LogP contribution in [0.5, 0.6) is 0 Å². The second kappa shape index (κ2) is 9.99. The van der Waals surface area contributed by atoms with Gasteiger partial charge in [-0.15, -0.1) is 0 Å². The molecule has 0 unspecified atom stereocenters. The second-order valence-electron chi connectivity index (χ2n) is 7.21. The molecular weight excluding hydrogens is 426 g/mol. The van der Waals surface area contributed by atoms with Gasteiger partial charge in [-0.2, -0.15) is 0 Å². The van der Waals surface area contributed by atoms with E-state index in [1.807, 2.05) is 0 Å². The van der Waals surface area contributed by atoms with Crippen molar-refractivity contribution in [2.45, 2.75) is 50.6 Å². The standard InChI is InChI=1S/C10H10N4O2.C9H10ClN3O2/c1-11-9-6-5-8(14(15)16)10(13-9)12-7-3-2-4-7;10-8-5-4-7(13(14)15)9(12-8)11-6-2-1-3-6/h5-7H,2-4H2,(H,12,13);4-6H,1-3H2,(H,11,12). The maximum absolute atomic E-state index is 10.8. The van der Waals surface area contributed by atoms with Crippen molar-refractivity contribution in [3.8, 4) is 0 Å². The molecule has 0 saturated heterocycles. The van der Waals surface area contributed by atoms with E-state index >= 15 is 0 Å². The number of nitro groups is 2. The summed E-state index contributed by atoms with van der Waals surface area (Å²) in [6.07, 6.45) is 6.36. The molecule has 0 amide bonds. The molecule has 12 heteroatoms. The van der Waals surface area contributed by atoms with Gasteiger partial charge in [0.25, 0.3) is 11.6 Å². The number of rotatable bonds is 6. The van der Waals surface area contributed by atoms with Crippen molar-refractivity contribution < 1.29 is 9.85 Å². The predicted octanol–water partition coefficient (Wildman–Crippen LogP) is 5.11. The van der Waals surface area contributed by atoms with Gasteiger partial charge in [-0.3, -0.25) is 20.2 Å². The van der Waals surface area contributed by atoms with Gasteiger partial charge in [0.15, 0.2) is 0 Å². The second-order valence-corrected chi connectivity index (χ2v) is 7.60. The Kier molecular flexibility index (Phi) is 7.15. The van der Waals surface area contributed by atoms with Crippen molar-refractivity contribution >= 4 is 40.4 Å². The van der Waals surface area contributed by atoms with Crippen LogP contribution in [-0.4, -0.2) is 31.9 Å². The molecule has 2 aliphatic rings. The zero-order valence-electron chi connectivity index (χ0n) is 16.5. The van der Waals surface area contributed by atoms with E-state index in [1.54, 1.807) is 0 Å². The first-order valence-corrected chi connectivity index (χ1v) is 10.1. The average Bonchev–Trinajstić information content (AvgIpc) is 2.67. The predicted molar refractivity (Wildman–Crippen MR) is 116 cm³/mol. The van der Waals surface area contributed by atoms with E-state index in [4.69, 9.17) is 18.2 Å². The van der Waals surface area contributed by atoms with Crippen LogP contribution in [0, 0.1) is 26.8 Å². The number of hydrogen-bond donors (Lipinski definition) is 2. The molecule has 4 rings (SSSR count). The first kappa shape index (κ1) is 22.2. The number of pyridine rings is 2. The van der Waals surface area contributed by atoms with Gasteiger partial charge in [0.1, 0.15) is 5.15 Å². The minimum absolute atomic E-state index is 0.0219. The van der Waals surface area contributed by atoms with Gasteiger partial charge in [0, 0.05) is 24.2 Å². The maximum atomic E-state index is 10.8. The summed E-state index contributed by atoms with van der Waals surface area (Å²) in [6.45, 7) is 6.82. The Labute approximate surface area is 183 Å². The van der Waals surface area contributed by atoms with Crippen LogP contribution < -0.4 is 10.6 Å². The molecule has 11 nitrogen and oxygen atoms in total. The fourth-order valence-corrected chi connectivity index (χ4v) is 3.08. The molecule has 0 bridgehead atoms. The Bertz CT molecular complexity index is 1020. The molecule has 0 atom stereocenters. The molecule has 0 aliphatic heterocycles. The molecule has 162 valence electrons. The lowest BCUT2D eigenvalue weighted by atomic mass is 9.93. The number of aromatic nitrogens is 2. The molecule has 31 heavy (non-hydrogen) atoms. The SMILES string of the molecule is O=[N+]([O-])c1ccc(Cl)nc1NC1CCC1.[C-]#[N+]c1ccc([N+](=O)[O-])c(NC2CCC2)n1. The lowest BCUT2D eigenvalue weighted by molar-refractivity contribution is -0.384. The Balaban J connectivity index is 0.000000176. The number of anilines is 2. The summed E-state index contributed by atoms with van der Waals surface area (Å²) in [5.74, 6) is 0.660. The Morgan fingerprint density at radius 1 is 0.903 bits per heavy atom. The van der Waals surface area contributed by atoms with Crippen LogP contribution in [0.3, 0.4) is 0 Å². The van der Waals surface area contributed by atoms with Crippen molar-refractivity contribution in [2.75, 3.05) is 10.6 Å². The maximum Gasteiger partial charge on any atom is 0.334 e. The van der Waals surface area contributed by atoms with Gasteiger partial charge in [-0.05, 0) is 50.7 Å². The van der Waals surface area contributed by atoms with E-state index in [-0.39, 0.29) is 40.0 Å². The van der Waals surface area contributed by atoms with Crippen LogP contribution in [-0.2, 0) is 0 Å². The molecule has 0 spiro atoms. The van der Waals surface area contributed by atoms with Crippen molar-refractivity contribution in [3.63, 3.8) is 0 Å². The average molecular weight is 446 g/mol. The highest BCUT2D eigenvalue weighted by Crippen LogP contribution is 2.30. The quantitative estimate of drug-likeness (QED) is 0.270. The minimum Gasteiger partial charge on any atom is -0.362 e. The van der Waals surface area contributed by atoms with Crippen LogP contribution in [0.15, 0.2) is 24.3 Å². The zero-order chi connectivity index (χ0) is 22.4. The summed E-state index contributed by atoms with van der Waals surface area (Å²) in [5, 5.41) is 27.8. The van der Waals surface area contributed by atoms with Crippen molar-refractivity contribution in [3.05, 3.63) is 61.1 Å². The number of halogens is 1. The molecule has 2 saturated carbocycles. The first-order valence-electron chi connectivity index (χ1n) is 9.74. The summed E-state index contributed by atoms with van der Waals surface area (Å²) < 4.78 is 0. The molecule has 0 radical (unpaired) electrons. The molecule has 2 aliphatic carbocycles. The third-order valence-corrected chi connectivity index (χ3v) is 5.31. The highest BCUT2D eigenvalue weighted by Gasteiger charge is 2.25. The molecule has 2 aromatic heterocycles. The van der Waals surface area contributed by atoms with Crippen molar-refractivity contribution in [1.82, 2.24) is 9.97 Å². The zero-order valence-corrected chi connectivity index (χ0v) is 17.2. The van der Waals surface area contributed by atoms with Crippen LogP contribution in [0.25, 0.3) is 4.85 Å². The summed E-state index contributed by atoms with van der Waals surface area (Å²) in [7, 11) is 0. The molecule has 0 aromatic carbocycles. The number of nitrogens with one attached hydrogen (secondary N) is 2. The Hall–Kier alpha value is -3.52. The lowest BCUT2D eigenvalue weighted by Crippen LogP contribution is -2.27. The number of nitrogens with zero attached hydrogens (tertiary/aromatic N) is 5. The van der Waals surface area contributed by atoms with Gasteiger partial charge < -0.3 is 15.5 Å². The molecular formula is C19H20ClN7O4. The third-order valence-electron chi connectivity index (χ3n) is 5.10.